The van der Waals surface area contributed by atoms with Gasteiger partial charge in [-0.05, 0) is 31.5 Å². The number of sulfone groups is 1. The first-order valence-electron chi connectivity index (χ1n) is 8.59. The molecule has 0 radical (unpaired) electrons. The molecule has 0 aromatic carbocycles. The molecule has 0 saturated carbocycles. The van der Waals surface area contributed by atoms with Crippen LogP contribution in [-0.2, 0) is 16.4 Å². The van der Waals surface area contributed by atoms with Crippen LogP contribution in [0.15, 0.2) is 46.0 Å². The number of hydrogen-bond acceptors (Lipinski definition) is 6. The minimum absolute atomic E-state index is 0.00214. The molecule has 0 spiro atoms. The summed E-state index contributed by atoms with van der Waals surface area (Å²) < 4.78 is 30.4. The first kappa shape index (κ1) is 17.2. The molecule has 0 bridgehead atoms. The van der Waals surface area contributed by atoms with E-state index in [2.05, 4.69) is 15.3 Å². The van der Waals surface area contributed by atoms with Crippen molar-refractivity contribution in [3.8, 4) is 0 Å². The van der Waals surface area contributed by atoms with E-state index in [4.69, 9.17) is 11.6 Å². The van der Waals surface area contributed by atoms with Gasteiger partial charge in [0.1, 0.15) is 10.5 Å². The smallest absolute Gasteiger partial charge is 0.227 e. The number of nitrogens with zero attached hydrogens (tertiary/aromatic N) is 4. The molecule has 0 amide bonds. The van der Waals surface area contributed by atoms with Crippen molar-refractivity contribution < 1.29 is 8.42 Å². The molecule has 1 fully saturated rings. The van der Waals surface area contributed by atoms with E-state index in [0.717, 1.165) is 19.4 Å². The molecule has 1 saturated heterocycles. The summed E-state index contributed by atoms with van der Waals surface area (Å²) in [5.74, 6) is 0. The molecule has 0 aliphatic carbocycles. The molecular weight excluding hydrogens is 406 g/mol. The minimum atomic E-state index is -3.87. The van der Waals surface area contributed by atoms with E-state index in [9.17, 15) is 8.42 Å². The Labute approximate surface area is 164 Å². The lowest BCUT2D eigenvalue weighted by Gasteiger charge is -2.11. The normalized spacial score (nSPS) is 18.0. The van der Waals surface area contributed by atoms with Gasteiger partial charge in [-0.25, -0.2) is 18.4 Å². The van der Waals surface area contributed by atoms with E-state index in [1.165, 1.54) is 15.7 Å². The zero-order valence-corrected chi connectivity index (χ0v) is 16.6. The Morgan fingerprint density at radius 3 is 3.11 bits per heavy atom. The SMILES string of the molecule is O=S(=O)(c1cn(CC2CCCN2)c2ncccc12)c1c(Cl)nc2sccn12. The summed E-state index contributed by atoms with van der Waals surface area (Å²) in [6, 6.07) is 3.85. The molecule has 1 N–H and O–H groups in total. The van der Waals surface area contributed by atoms with Crippen LogP contribution >= 0.6 is 22.9 Å². The molecule has 10 heteroatoms. The van der Waals surface area contributed by atoms with Gasteiger partial charge in [0, 0.05) is 41.9 Å². The van der Waals surface area contributed by atoms with E-state index in [1.54, 1.807) is 36.1 Å². The highest BCUT2D eigenvalue weighted by Gasteiger charge is 2.31. The number of aromatic nitrogens is 4. The molecule has 1 aliphatic heterocycles. The maximum Gasteiger partial charge on any atom is 0.227 e. The number of pyridine rings is 1. The monoisotopic (exact) mass is 421 g/mol. The Kier molecular flexibility index (Phi) is 4.01. The van der Waals surface area contributed by atoms with Crippen LogP contribution in [0.25, 0.3) is 16.0 Å². The van der Waals surface area contributed by atoms with Gasteiger partial charge < -0.3 is 9.88 Å². The second kappa shape index (κ2) is 6.30. The third-order valence-electron chi connectivity index (χ3n) is 4.90. The van der Waals surface area contributed by atoms with Gasteiger partial charge in [-0.15, -0.1) is 11.3 Å². The third kappa shape index (κ3) is 2.68. The van der Waals surface area contributed by atoms with Crippen LogP contribution in [0, 0.1) is 0 Å². The highest BCUT2D eigenvalue weighted by atomic mass is 35.5. The van der Waals surface area contributed by atoms with Crippen molar-refractivity contribution in [2.75, 3.05) is 6.54 Å². The fourth-order valence-corrected chi connectivity index (χ4v) is 6.57. The summed E-state index contributed by atoms with van der Waals surface area (Å²) in [7, 11) is -3.87. The standard InChI is InChI=1S/C17H16ClN5O2S2/c18-14-16(23-7-8-26-17(23)21-14)27(24,25)13-10-22(9-11-3-1-5-19-11)15-12(13)4-2-6-20-15/h2,4,6-8,10-11,19H,1,3,5,9H2. The van der Waals surface area contributed by atoms with E-state index in [0.29, 0.717) is 28.6 Å². The van der Waals surface area contributed by atoms with Crippen LogP contribution in [0.4, 0.5) is 0 Å². The Morgan fingerprint density at radius 2 is 2.30 bits per heavy atom. The predicted molar refractivity (Wildman–Crippen MR) is 104 cm³/mol. The van der Waals surface area contributed by atoms with E-state index in [1.807, 2.05) is 4.57 Å². The molecule has 1 unspecified atom stereocenters. The zero-order valence-electron chi connectivity index (χ0n) is 14.2. The molecule has 5 rings (SSSR count). The fourth-order valence-electron chi connectivity index (χ4n) is 3.68. The van der Waals surface area contributed by atoms with Gasteiger partial charge in [-0.1, -0.05) is 11.6 Å². The lowest BCUT2D eigenvalue weighted by Crippen LogP contribution is -2.26. The molecule has 7 nitrogen and oxygen atoms in total. The topological polar surface area (TPSA) is 81.3 Å². The maximum atomic E-state index is 13.5. The van der Waals surface area contributed by atoms with Crippen LogP contribution in [0.5, 0.6) is 0 Å². The average Bonchev–Trinajstić information content (AvgIpc) is 3.39. The number of fused-ring (bicyclic) bond motifs is 2. The number of rotatable bonds is 4. The van der Waals surface area contributed by atoms with Gasteiger partial charge in [0.05, 0.1) is 0 Å². The lowest BCUT2D eigenvalue weighted by atomic mass is 10.2. The van der Waals surface area contributed by atoms with Crippen LogP contribution in [0.2, 0.25) is 5.15 Å². The molecular formula is C17H16ClN5O2S2. The summed E-state index contributed by atoms with van der Waals surface area (Å²) in [4.78, 5) is 9.36. The largest absolute Gasteiger partial charge is 0.330 e. The molecule has 27 heavy (non-hydrogen) atoms. The summed E-state index contributed by atoms with van der Waals surface area (Å²) in [6.45, 7) is 1.67. The Morgan fingerprint density at radius 1 is 1.41 bits per heavy atom. The molecule has 1 atom stereocenters. The van der Waals surface area contributed by atoms with Gasteiger partial charge in [-0.3, -0.25) is 4.40 Å². The number of hydrogen-bond donors (Lipinski definition) is 1. The number of nitrogens with one attached hydrogen (secondary N) is 1. The van der Waals surface area contributed by atoms with Crippen LogP contribution in [0.1, 0.15) is 12.8 Å². The Balaban J connectivity index is 1.70. The second-order valence-corrected chi connectivity index (χ2v) is 9.64. The number of imidazole rings is 1. The maximum absolute atomic E-state index is 13.5. The van der Waals surface area contributed by atoms with Gasteiger partial charge in [0.2, 0.25) is 9.84 Å². The van der Waals surface area contributed by atoms with E-state index >= 15 is 0 Å². The van der Waals surface area contributed by atoms with Crippen molar-refractivity contribution >= 4 is 48.8 Å². The number of thiazole rings is 1. The highest BCUT2D eigenvalue weighted by molar-refractivity contribution is 7.91. The van der Waals surface area contributed by atoms with Crippen molar-refractivity contribution in [1.82, 2.24) is 24.3 Å². The highest BCUT2D eigenvalue weighted by Crippen LogP contribution is 2.34. The quantitative estimate of drug-likeness (QED) is 0.547. The second-order valence-electron chi connectivity index (χ2n) is 6.58. The zero-order chi connectivity index (χ0) is 18.6. The molecule has 4 aromatic heterocycles. The van der Waals surface area contributed by atoms with Crippen molar-refractivity contribution in [3.05, 3.63) is 41.3 Å². The predicted octanol–water partition coefficient (Wildman–Crippen LogP) is 2.98. The van der Waals surface area contributed by atoms with E-state index in [-0.39, 0.29) is 15.1 Å². The number of halogens is 1. The van der Waals surface area contributed by atoms with Gasteiger partial charge in [0.25, 0.3) is 0 Å². The van der Waals surface area contributed by atoms with Crippen molar-refractivity contribution in [2.24, 2.45) is 0 Å². The first-order chi connectivity index (χ1) is 13.1. The van der Waals surface area contributed by atoms with Gasteiger partial charge in [-0.2, -0.15) is 0 Å². The Bertz CT molecular complexity index is 1250. The summed E-state index contributed by atoms with van der Waals surface area (Å²) in [5.41, 5.74) is 0.659. The summed E-state index contributed by atoms with van der Waals surface area (Å²) in [6.07, 6.45) is 7.23. The molecule has 5 heterocycles. The average molecular weight is 422 g/mol. The lowest BCUT2D eigenvalue weighted by molar-refractivity contribution is 0.515. The molecule has 4 aromatic rings. The van der Waals surface area contributed by atoms with Crippen LogP contribution in [-0.4, -0.2) is 39.9 Å². The van der Waals surface area contributed by atoms with Crippen molar-refractivity contribution in [3.63, 3.8) is 0 Å². The van der Waals surface area contributed by atoms with Crippen LogP contribution in [0.3, 0.4) is 0 Å². The van der Waals surface area contributed by atoms with Crippen molar-refractivity contribution in [2.45, 2.75) is 35.3 Å². The third-order valence-corrected chi connectivity index (χ3v) is 7.84. The summed E-state index contributed by atoms with van der Waals surface area (Å²) >= 11 is 7.54. The fraction of sp³-hybridized carbons (Fsp3) is 0.294. The van der Waals surface area contributed by atoms with Crippen molar-refractivity contribution in [1.29, 1.82) is 0 Å². The van der Waals surface area contributed by atoms with Gasteiger partial charge >= 0.3 is 0 Å². The molecule has 140 valence electrons. The van der Waals surface area contributed by atoms with Crippen LogP contribution < -0.4 is 5.32 Å². The van der Waals surface area contributed by atoms with Gasteiger partial charge in [0.15, 0.2) is 15.1 Å². The minimum Gasteiger partial charge on any atom is -0.330 e. The first-order valence-corrected chi connectivity index (χ1v) is 11.3. The molecule has 1 aliphatic rings. The van der Waals surface area contributed by atoms with E-state index < -0.39 is 9.84 Å². The summed E-state index contributed by atoms with van der Waals surface area (Å²) in [5, 5.41) is 5.82. The Hall–Kier alpha value is -1.94.